The summed E-state index contributed by atoms with van der Waals surface area (Å²) in [7, 11) is 1.47. The van der Waals surface area contributed by atoms with Gasteiger partial charge in [-0.05, 0) is 24.2 Å². The Morgan fingerprint density at radius 2 is 2.06 bits per heavy atom. The van der Waals surface area contributed by atoms with Crippen LogP contribution in [0.1, 0.15) is 24.1 Å². The zero-order valence-electron chi connectivity index (χ0n) is 10.1. The van der Waals surface area contributed by atoms with Crippen molar-refractivity contribution in [2.75, 3.05) is 20.3 Å². The minimum absolute atomic E-state index is 0.193. The average Bonchev–Trinajstić information content (AvgIpc) is 2.27. The van der Waals surface area contributed by atoms with Gasteiger partial charge in [-0.1, -0.05) is 28.9 Å². The van der Waals surface area contributed by atoms with Crippen LogP contribution in [0.2, 0.25) is 0 Å². The maximum absolute atomic E-state index is 13.0. The number of hydrogen-bond acceptors (Lipinski definition) is 2. The average molecular weight is 326 g/mol. The van der Waals surface area contributed by atoms with Crippen LogP contribution >= 0.6 is 15.9 Å². The summed E-state index contributed by atoms with van der Waals surface area (Å²) in [4.78, 5) is 0. The monoisotopic (exact) mass is 325 g/mol. The number of likely N-dealkylation sites (N-methyl/N-ethyl adjacent to an activating group) is 1. The first-order valence-corrected chi connectivity index (χ1v) is 6.28. The Labute approximate surface area is 113 Å². The normalized spacial score (nSPS) is 13.7. The van der Waals surface area contributed by atoms with E-state index in [0.717, 1.165) is 6.07 Å². The van der Waals surface area contributed by atoms with Gasteiger partial charge in [0.1, 0.15) is 0 Å². The SMILES string of the molecule is CCNC(COC)c1ccc(Br)cc1C(F)(F)F. The van der Waals surface area contributed by atoms with Crippen molar-refractivity contribution in [2.24, 2.45) is 0 Å². The second-order valence-corrected chi connectivity index (χ2v) is 4.71. The maximum atomic E-state index is 13.0. The third-order valence-corrected chi connectivity index (χ3v) is 2.97. The summed E-state index contributed by atoms with van der Waals surface area (Å²) in [6.45, 7) is 2.61. The number of alkyl halides is 3. The smallest absolute Gasteiger partial charge is 0.383 e. The van der Waals surface area contributed by atoms with E-state index >= 15 is 0 Å². The van der Waals surface area contributed by atoms with Gasteiger partial charge in [0.15, 0.2) is 0 Å². The van der Waals surface area contributed by atoms with Crippen molar-refractivity contribution < 1.29 is 17.9 Å². The molecule has 2 nitrogen and oxygen atoms in total. The van der Waals surface area contributed by atoms with E-state index in [1.807, 2.05) is 6.92 Å². The van der Waals surface area contributed by atoms with Gasteiger partial charge in [-0.2, -0.15) is 13.2 Å². The van der Waals surface area contributed by atoms with Crippen molar-refractivity contribution in [3.05, 3.63) is 33.8 Å². The molecular formula is C12H15BrF3NO. The molecule has 1 aromatic carbocycles. The maximum Gasteiger partial charge on any atom is 0.416 e. The number of methoxy groups -OCH3 is 1. The van der Waals surface area contributed by atoms with Crippen LogP contribution in [-0.2, 0) is 10.9 Å². The number of halogens is 4. The van der Waals surface area contributed by atoms with Crippen LogP contribution in [0, 0.1) is 0 Å². The Balaban J connectivity index is 3.20. The first-order chi connectivity index (χ1) is 8.40. The summed E-state index contributed by atoms with van der Waals surface area (Å²) >= 11 is 3.06. The lowest BCUT2D eigenvalue weighted by atomic mass is 10.0. The van der Waals surface area contributed by atoms with E-state index in [4.69, 9.17) is 4.74 Å². The lowest BCUT2D eigenvalue weighted by Gasteiger charge is -2.22. The highest BCUT2D eigenvalue weighted by Gasteiger charge is 2.35. The van der Waals surface area contributed by atoms with E-state index < -0.39 is 17.8 Å². The van der Waals surface area contributed by atoms with Crippen molar-refractivity contribution in [3.63, 3.8) is 0 Å². The number of hydrogen-bond donors (Lipinski definition) is 1. The minimum atomic E-state index is -4.37. The van der Waals surface area contributed by atoms with Crippen molar-refractivity contribution in [1.29, 1.82) is 0 Å². The predicted octanol–water partition coefficient (Wildman–Crippen LogP) is 3.76. The number of nitrogens with one attached hydrogen (secondary N) is 1. The molecule has 0 saturated carbocycles. The molecule has 0 aliphatic rings. The molecule has 0 aliphatic carbocycles. The molecule has 102 valence electrons. The first kappa shape index (κ1) is 15.5. The van der Waals surface area contributed by atoms with E-state index in [0.29, 0.717) is 11.0 Å². The van der Waals surface area contributed by atoms with Crippen LogP contribution < -0.4 is 5.32 Å². The highest BCUT2D eigenvalue weighted by atomic mass is 79.9. The van der Waals surface area contributed by atoms with Gasteiger partial charge < -0.3 is 10.1 Å². The van der Waals surface area contributed by atoms with Gasteiger partial charge in [0.25, 0.3) is 0 Å². The molecule has 1 atom stereocenters. The molecule has 0 bridgehead atoms. The molecule has 0 aliphatic heterocycles. The summed E-state index contributed by atoms with van der Waals surface area (Å²) in [5, 5.41) is 2.99. The van der Waals surface area contributed by atoms with Gasteiger partial charge in [0.2, 0.25) is 0 Å². The summed E-state index contributed by atoms with van der Waals surface area (Å²) in [5.74, 6) is 0. The summed E-state index contributed by atoms with van der Waals surface area (Å²) in [6.07, 6.45) is -4.37. The molecule has 1 aromatic rings. The van der Waals surface area contributed by atoms with Crippen molar-refractivity contribution >= 4 is 15.9 Å². The molecule has 0 radical (unpaired) electrons. The topological polar surface area (TPSA) is 21.3 Å². The van der Waals surface area contributed by atoms with E-state index in [1.165, 1.54) is 13.2 Å². The Hall–Kier alpha value is -0.590. The third-order valence-electron chi connectivity index (χ3n) is 2.48. The minimum Gasteiger partial charge on any atom is -0.383 e. The van der Waals surface area contributed by atoms with Crippen molar-refractivity contribution in [1.82, 2.24) is 5.32 Å². The van der Waals surface area contributed by atoms with Gasteiger partial charge in [-0.25, -0.2) is 0 Å². The molecule has 6 heteroatoms. The first-order valence-electron chi connectivity index (χ1n) is 5.49. The molecule has 18 heavy (non-hydrogen) atoms. The Bertz CT molecular complexity index is 389. The van der Waals surface area contributed by atoms with Gasteiger partial charge in [-0.3, -0.25) is 0 Å². The molecule has 0 spiro atoms. The van der Waals surface area contributed by atoms with Crippen molar-refractivity contribution in [2.45, 2.75) is 19.1 Å². The summed E-state index contributed by atoms with van der Waals surface area (Å²) < 4.78 is 44.3. The second-order valence-electron chi connectivity index (χ2n) is 3.79. The fraction of sp³-hybridized carbons (Fsp3) is 0.500. The Morgan fingerprint density at radius 1 is 1.39 bits per heavy atom. The zero-order chi connectivity index (χ0) is 13.8. The lowest BCUT2D eigenvalue weighted by Crippen LogP contribution is -2.27. The Kier molecular flexibility index (Phi) is 5.62. The highest BCUT2D eigenvalue weighted by Crippen LogP contribution is 2.36. The molecule has 0 aromatic heterocycles. The van der Waals surface area contributed by atoms with Crippen LogP contribution in [0.5, 0.6) is 0 Å². The van der Waals surface area contributed by atoms with Crippen molar-refractivity contribution in [3.8, 4) is 0 Å². The van der Waals surface area contributed by atoms with Gasteiger partial charge in [0, 0.05) is 11.6 Å². The summed E-state index contributed by atoms with van der Waals surface area (Å²) in [5.41, 5.74) is -0.436. The Morgan fingerprint density at radius 3 is 2.56 bits per heavy atom. The molecule has 1 N–H and O–H groups in total. The predicted molar refractivity (Wildman–Crippen MR) is 67.4 cm³/mol. The molecule has 1 unspecified atom stereocenters. The molecule has 0 saturated heterocycles. The lowest BCUT2D eigenvalue weighted by molar-refractivity contribution is -0.138. The van der Waals surface area contributed by atoms with E-state index in [-0.39, 0.29) is 12.2 Å². The van der Waals surface area contributed by atoms with E-state index in [2.05, 4.69) is 21.2 Å². The van der Waals surface area contributed by atoms with Crippen LogP contribution in [0.15, 0.2) is 22.7 Å². The van der Waals surface area contributed by atoms with Gasteiger partial charge >= 0.3 is 6.18 Å². The van der Waals surface area contributed by atoms with Crippen LogP contribution in [0.4, 0.5) is 13.2 Å². The molecule has 1 rings (SSSR count). The summed E-state index contributed by atoms with van der Waals surface area (Å²) in [6, 6.07) is 3.70. The molecular weight excluding hydrogens is 311 g/mol. The van der Waals surface area contributed by atoms with E-state index in [9.17, 15) is 13.2 Å². The van der Waals surface area contributed by atoms with Crippen LogP contribution in [0.3, 0.4) is 0 Å². The van der Waals surface area contributed by atoms with Gasteiger partial charge in [-0.15, -0.1) is 0 Å². The largest absolute Gasteiger partial charge is 0.416 e. The zero-order valence-corrected chi connectivity index (χ0v) is 11.7. The quantitative estimate of drug-likeness (QED) is 0.889. The van der Waals surface area contributed by atoms with Crippen LogP contribution in [-0.4, -0.2) is 20.3 Å². The molecule has 0 fully saturated rings. The highest BCUT2D eigenvalue weighted by molar-refractivity contribution is 9.10. The number of ether oxygens (including phenoxy) is 1. The fourth-order valence-corrected chi connectivity index (χ4v) is 2.11. The van der Waals surface area contributed by atoms with Crippen LogP contribution in [0.25, 0.3) is 0 Å². The van der Waals surface area contributed by atoms with E-state index in [1.54, 1.807) is 6.07 Å². The second kappa shape index (κ2) is 6.54. The number of benzene rings is 1. The standard InChI is InChI=1S/C12H15BrF3NO/c1-3-17-11(7-18-2)9-5-4-8(13)6-10(9)12(14,15)16/h4-6,11,17H,3,7H2,1-2H3. The fourth-order valence-electron chi connectivity index (χ4n) is 1.75. The molecule has 0 amide bonds. The number of rotatable bonds is 5. The molecule has 0 heterocycles. The third kappa shape index (κ3) is 3.96. The van der Waals surface area contributed by atoms with Gasteiger partial charge in [0.05, 0.1) is 18.2 Å².